The quantitative estimate of drug-likeness (QED) is 0.448. The number of amidine groups is 1. The van der Waals surface area contributed by atoms with E-state index in [0.29, 0.717) is 28.5 Å². The van der Waals surface area contributed by atoms with Crippen LogP contribution >= 0.6 is 0 Å². The molecular formula is C21H19FN7O2+. The van der Waals surface area contributed by atoms with Gasteiger partial charge in [0, 0.05) is 17.1 Å². The van der Waals surface area contributed by atoms with Crippen molar-refractivity contribution in [2.24, 2.45) is 15.8 Å². The zero-order valence-electron chi connectivity index (χ0n) is 16.5. The number of allylic oxidation sites excluding steroid dienone is 2. The summed E-state index contributed by atoms with van der Waals surface area (Å²) < 4.78 is 12.9. The van der Waals surface area contributed by atoms with E-state index in [1.54, 1.807) is 49.7 Å². The predicted molar refractivity (Wildman–Crippen MR) is 116 cm³/mol. The third kappa shape index (κ3) is 4.10. The third-order valence-electron chi connectivity index (χ3n) is 4.66. The van der Waals surface area contributed by atoms with Crippen molar-refractivity contribution in [3.63, 3.8) is 0 Å². The first-order valence-electron chi connectivity index (χ1n) is 9.29. The fourth-order valence-corrected chi connectivity index (χ4v) is 3.18. The molecule has 0 saturated heterocycles. The lowest BCUT2D eigenvalue weighted by Crippen LogP contribution is -2.56. The summed E-state index contributed by atoms with van der Waals surface area (Å²) in [6, 6.07) is 11.5. The van der Waals surface area contributed by atoms with E-state index in [4.69, 9.17) is 5.84 Å². The number of carbonyl (C=O) groups excluding carboxylic acids is 2. The first-order valence-corrected chi connectivity index (χ1v) is 9.29. The van der Waals surface area contributed by atoms with E-state index in [1.807, 2.05) is 0 Å². The summed E-state index contributed by atoms with van der Waals surface area (Å²) >= 11 is 0. The van der Waals surface area contributed by atoms with E-state index in [9.17, 15) is 14.0 Å². The van der Waals surface area contributed by atoms with E-state index in [0.717, 1.165) is 0 Å². The number of benzene rings is 2. The molecule has 2 heterocycles. The highest BCUT2D eigenvalue weighted by atomic mass is 19.1. The number of rotatable bonds is 4. The normalized spacial score (nSPS) is 19.0. The van der Waals surface area contributed by atoms with Crippen LogP contribution in [-0.4, -0.2) is 28.6 Å². The predicted octanol–water partition coefficient (Wildman–Crippen LogP) is 3.30. The molecule has 5 N–H and O–H groups in total. The minimum atomic E-state index is -0.523. The number of aliphatic imine (C=N–C) groups is 2. The number of nitrogens with one attached hydrogen (secondary N) is 3. The van der Waals surface area contributed by atoms with Crippen LogP contribution in [0.1, 0.15) is 6.92 Å². The Labute approximate surface area is 177 Å². The van der Waals surface area contributed by atoms with Gasteiger partial charge in [-0.3, -0.25) is 9.79 Å². The molecule has 1 atom stereocenters. The van der Waals surface area contributed by atoms with E-state index in [-0.39, 0.29) is 10.4 Å². The molecule has 0 fully saturated rings. The number of hydrogen-bond acceptors (Lipinski definition) is 5. The van der Waals surface area contributed by atoms with Crippen molar-refractivity contribution in [2.45, 2.75) is 6.92 Å². The first kappa shape index (κ1) is 20.1. The molecular weight excluding hydrogens is 401 g/mol. The standard InChI is InChI=1S/C21H18FN7O2/c1-13-18-12-24-9-10-29(18,23)19(25-13)20(30)26-15-5-7-16(8-6-15)27-21(31)28-17-4-2-3-14(22)11-17/h2-12H,23H2,1H3,(H2-,24,25,26,27,28,30,31)/p+1. The van der Waals surface area contributed by atoms with Crippen LogP contribution in [0.5, 0.6) is 0 Å². The van der Waals surface area contributed by atoms with Crippen LogP contribution in [-0.2, 0) is 4.79 Å². The molecule has 2 aromatic rings. The van der Waals surface area contributed by atoms with Crippen molar-refractivity contribution < 1.29 is 18.6 Å². The summed E-state index contributed by atoms with van der Waals surface area (Å²) in [6.45, 7) is 1.76. The maximum atomic E-state index is 13.2. The molecule has 2 aliphatic rings. The van der Waals surface area contributed by atoms with Gasteiger partial charge >= 0.3 is 17.8 Å². The van der Waals surface area contributed by atoms with Crippen LogP contribution in [0.2, 0.25) is 0 Å². The zero-order valence-corrected chi connectivity index (χ0v) is 16.5. The molecule has 31 heavy (non-hydrogen) atoms. The van der Waals surface area contributed by atoms with Crippen LogP contribution in [0, 0.1) is 5.82 Å². The smallest absolute Gasteiger partial charge is 0.316 e. The number of fused-ring (bicyclic) bond motifs is 1. The summed E-state index contributed by atoms with van der Waals surface area (Å²) in [4.78, 5) is 33.2. The van der Waals surface area contributed by atoms with Gasteiger partial charge in [0.05, 0.1) is 12.4 Å². The van der Waals surface area contributed by atoms with E-state index in [1.165, 1.54) is 24.4 Å². The maximum absolute atomic E-state index is 13.2. The van der Waals surface area contributed by atoms with Gasteiger partial charge in [-0.25, -0.2) is 9.18 Å². The molecule has 3 amide bonds. The van der Waals surface area contributed by atoms with Gasteiger partial charge in [0.25, 0.3) is 0 Å². The van der Waals surface area contributed by atoms with Crippen LogP contribution < -0.4 is 21.8 Å². The number of nitrogens with two attached hydrogens (primary N) is 1. The van der Waals surface area contributed by atoms with Crippen molar-refractivity contribution in [3.05, 3.63) is 78.1 Å². The average Bonchev–Trinajstić information content (AvgIpc) is 3.00. The van der Waals surface area contributed by atoms with Gasteiger partial charge in [-0.15, -0.1) is 4.59 Å². The van der Waals surface area contributed by atoms with Crippen LogP contribution in [0.15, 0.2) is 82.3 Å². The van der Waals surface area contributed by atoms with E-state index < -0.39 is 17.8 Å². The van der Waals surface area contributed by atoms with Crippen molar-refractivity contribution in [2.75, 3.05) is 16.0 Å². The van der Waals surface area contributed by atoms with Gasteiger partial charge < -0.3 is 16.0 Å². The van der Waals surface area contributed by atoms with E-state index in [2.05, 4.69) is 25.9 Å². The second-order valence-electron chi connectivity index (χ2n) is 6.88. The average molecular weight is 420 g/mol. The number of amides is 3. The molecule has 0 spiro atoms. The topological polar surface area (TPSA) is 121 Å². The Morgan fingerprint density at radius 3 is 2.39 bits per heavy atom. The molecule has 156 valence electrons. The molecule has 0 aromatic heterocycles. The molecule has 0 aliphatic carbocycles. The van der Waals surface area contributed by atoms with Crippen molar-refractivity contribution in [1.29, 1.82) is 0 Å². The Hall–Kier alpha value is -4.15. The largest absolute Gasteiger partial charge is 0.333 e. The molecule has 10 heteroatoms. The Morgan fingerprint density at radius 2 is 1.68 bits per heavy atom. The van der Waals surface area contributed by atoms with Crippen LogP contribution in [0.3, 0.4) is 0 Å². The van der Waals surface area contributed by atoms with Gasteiger partial charge in [0.15, 0.2) is 0 Å². The van der Waals surface area contributed by atoms with Crippen LogP contribution in [0.4, 0.5) is 26.2 Å². The summed E-state index contributed by atoms with van der Waals surface area (Å²) in [7, 11) is 0. The number of anilines is 3. The Balaban J connectivity index is 1.38. The number of halogens is 1. The number of urea groups is 1. The lowest BCUT2D eigenvalue weighted by molar-refractivity contribution is -0.749. The van der Waals surface area contributed by atoms with Crippen molar-refractivity contribution >= 4 is 41.1 Å². The maximum Gasteiger partial charge on any atom is 0.333 e. The minimum absolute atomic E-state index is 0.117. The Morgan fingerprint density at radius 1 is 1.00 bits per heavy atom. The molecule has 9 nitrogen and oxygen atoms in total. The van der Waals surface area contributed by atoms with Crippen molar-refractivity contribution in [1.82, 2.24) is 0 Å². The van der Waals surface area contributed by atoms with Gasteiger partial charge in [-0.05, 0) is 49.4 Å². The van der Waals surface area contributed by atoms with Crippen molar-refractivity contribution in [3.8, 4) is 0 Å². The van der Waals surface area contributed by atoms with Gasteiger partial charge in [-0.1, -0.05) is 6.07 Å². The molecule has 1 unspecified atom stereocenters. The number of carbonyl (C=O) groups is 2. The number of quaternary nitrogens is 1. The van der Waals surface area contributed by atoms with E-state index >= 15 is 0 Å². The molecule has 2 aromatic carbocycles. The number of nitrogens with zero attached hydrogens (tertiary/aromatic N) is 3. The lowest BCUT2D eigenvalue weighted by atomic mass is 10.2. The Kier molecular flexibility index (Phi) is 5.15. The highest BCUT2D eigenvalue weighted by Crippen LogP contribution is 2.28. The summed E-state index contributed by atoms with van der Waals surface area (Å²) in [6.07, 6.45) is 4.67. The summed E-state index contributed by atoms with van der Waals surface area (Å²) in [5.74, 6) is 5.55. The summed E-state index contributed by atoms with van der Waals surface area (Å²) in [5.41, 5.74) is 2.55. The van der Waals surface area contributed by atoms with Gasteiger partial charge in [-0.2, -0.15) is 10.8 Å². The van der Waals surface area contributed by atoms with Crippen LogP contribution in [0.25, 0.3) is 0 Å². The highest BCUT2D eigenvalue weighted by molar-refractivity contribution is 6.40. The second-order valence-corrected chi connectivity index (χ2v) is 6.88. The van der Waals surface area contributed by atoms with Gasteiger partial charge in [0.2, 0.25) is 5.70 Å². The summed E-state index contributed by atoms with van der Waals surface area (Å²) in [5, 5.41) is 7.92. The molecule has 4 rings (SSSR count). The highest BCUT2D eigenvalue weighted by Gasteiger charge is 2.45. The first-order chi connectivity index (χ1) is 14.8. The SMILES string of the molecule is CC1=C2C=NC=C[N+]2(N)C(C(=O)Nc2ccc(NC(=O)Nc3cccc(F)c3)cc2)=N1. The fraction of sp³-hybridized carbons (Fsp3) is 0.0476. The fourth-order valence-electron chi connectivity index (χ4n) is 3.18. The second kappa shape index (κ2) is 7.94. The zero-order chi connectivity index (χ0) is 22.0. The molecule has 2 aliphatic heterocycles. The molecule has 0 saturated carbocycles. The number of hydrogen-bond donors (Lipinski definition) is 4. The third-order valence-corrected chi connectivity index (χ3v) is 4.66. The minimum Gasteiger partial charge on any atom is -0.316 e. The molecule has 0 bridgehead atoms. The lowest BCUT2D eigenvalue weighted by Gasteiger charge is -2.25. The Bertz CT molecular complexity index is 1180. The monoisotopic (exact) mass is 420 g/mol. The van der Waals surface area contributed by atoms with Gasteiger partial charge in [0.1, 0.15) is 17.7 Å². The molecule has 0 radical (unpaired) electrons.